The Morgan fingerprint density at radius 3 is 0.625 bits per heavy atom. The fourth-order valence-electron chi connectivity index (χ4n) is 0. The minimum absolute atomic E-state index is 0. The van der Waals surface area contributed by atoms with Gasteiger partial charge in [0.2, 0.25) is 0 Å². The molecule has 0 aromatic carbocycles. The second kappa shape index (κ2) is 45.6. The summed E-state index contributed by atoms with van der Waals surface area (Å²) in [4.78, 5) is 0. The van der Waals surface area contributed by atoms with Crippen LogP contribution in [0.25, 0.3) is 0 Å². The third kappa shape index (κ3) is 36.8. The van der Waals surface area contributed by atoms with Crippen LogP contribution in [-0.2, 0) is 25.8 Å². The van der Waals surface area contributed by atoms with Crippen molar-refractivity contribution in [2.45, 2.75) is 0 Å². The van der Waals surface area contributed by atoms with Crippen LogP contribution in [-0.4, -0.2) is 98.5 Å². The Morgan fingerprint density at radius 2 is 0.625 bits per heavy atom. The molecule has 43 valence electrons. The van der Waals surface area contributed by atoms with Crippen molar-refractivity contribution in [3.8, 4) is 0 Å². The van der Waals surface area contributed by atoms with Gasteiger partial charge >= 0.3 is 98.5 Å². The minimum atomic E-state index is 0. The molecular weight excluding hydrogens is 941 g/mol. The molecule has 0 aliphatic heterocycles. The van der Waals surface area contributed by atoms with Crippen LogP contribution in [0.5, 0.6) is 0 Å². The first-order valence-electron chi connectivity index (χ1n) is 0. The van der Waals surface area contributed by atoms with Crippen LogP contribution in [0.15, 0.2) is 0 Å². The Labute approximate surface area is 251 Å². The summed E-state index contributed by atoms with van der Waals surface area (Å²) < 4.78 is 0. The van der Waals surface area contributed by atoms with Crippen molar-refractivity contribution < 1.29 is 65.8 Å². The van der Waals surface area contributed by atoms with Gasteiger partial charge in [0.05, 0.1) is 0 Å². The average Bonchev–Trinajstić information content (AvgIpc) is 0. The molecule has 0 unspecified atom stereocenters. The Balaban J connectivity index is 0. The van der Waals surface area contributed by atoms with E-state index in [1.54, 1.807) is 0 Å². The molecule has 0 aromatic rings. The van der Waals surface area contributed by atoms with Crippen molar-refractivity contribution in [3.05, 3.63) is 0 Å². The molecule has 1 radical (unpaired) electrons. The van der Waals surface area contributed by atoms with Crippen molar-refractivity contribution in [2.75, 3.05) is 0 Å². The fourth-order valence-corrected chi connectivity index (χ4v) is 0. The van der Waals surface area contributed by atoms with E-state index in [2.05, 4.69) is 0 Å². The van der Waals surface area contributed by atoms with Crippen LogP contribution in [0.1, 0.15) is 0 Å². The first-order chi connectivity index (χ1) is 0. The topological polar surface area (TPSA) is 0 Å². The first kappa shape index (κ1) is 55.8. The second-order valence-corrected chi connectivity index (χ2v) is 0. The third-order valence-corrected chi connectivity index (χ3v) is 0. The summed E-state index contributed by atoms with van der Waals surface area (Å²) in [6, 6.07) is 0. The van der Waals surface area contributed by atoms with Crippen LogP contribution in [0.2, 0.25) is 0 Å². The van der Waals surface area contributed by atoms with Crippen molar-refractivity contribution in [2.24, 2.45) is 0 Å². The number of rotatable bonds is 0. The Morgan fingerprint density at radius 1 is 0.625 bits per heavy atom. The molecule has 8 heteroatoms. The molecule has 8 heavy (non-hydrogen) atoms. The predicted molar refractivity (Wildman–Crippen MR) is 76.0 cm³/mol. The van der Waals surface area contributed by atoms with Crippen LogP contribution in [0, 0.1) is 39.9 Å². The van der Waals surface area contributed by atoms with E-state index in [1.807, 2.05) is 0 Å². The van der Waals surface area contributed by atoms with E-state index in [0.29, 0.717) is 0 Å². The van der Waals surface area contributed by atoms with Crippen LogP contribution < -0.4 is 0 Å². The normalized spacial score (nSPS) is 0. The van der Waals surface area contributed by atoms with Gasteiger partial charge in [-0.05, 0) is 0 Å². The number of hydrogen-bond donors (Lipinski definition) is 0. The molecule has 0 spiro atoms. The number of halogens is 4. The molecule has 0 aromatic heterocycles. The molecule has 0 saturated carbocycles. The van der Waals surface area contributed by atoms with E-state index in [-0.39, 0.29) is 260 Å². The molecule has 0 saturated heterocycles. The van der Waals surface area contributed by atoms with Gasteiger partial charge < -0.3 is 0 Å². The van der Waals surface area contributed by atoms with Crippen molar-refractivity contribution in [1.82, 2.24) is 0 Å². The summed E-state index contributed by atoms with van der Waals surface area (Å²) in [6.07, 6.45) is 0. The van der Waals surface area contributed by atoms with Gasteiger partial charge in [0, 0.05) is 65.8 Å². The monoisotopic (exact) mass is 947 g/mol. The molecule has 0 nitrogen and oxygen atoms in total. The fraction of sp³-hybridized carbons (Fsp3) is 0. The zero-order valence-electron chi connectivity index (χ0n) is 2.71. The zero-order valence-corrected chi connectivity index (χ0v) is 17.9. The van der Waals surface area contributed by atoms with Gasteiger partial charge in [0.15, 0.2) is 0 Å². The van der Waals surface area contributed by atoms with E-state index >= 15 is 0 Å². The predicted octanol–water partition coefficient (Wildman–Crippen LogP) is 1.17. The van der Waals surface area contributed by atoms with Crippen LogP contribution in [0.4, 0.5) is 0 Å². The molecule has 0 fully saturated rings. The largest absolute Gasteiger partial charge is 0 e. The Bertz CT molecular complexity index is 16.0. The molecule has 0 atom stereocenters. The third-order valence-electron chi connectivity index (χ3n) is 0. The molecule has 0 aliphatic rings. The smallest absolute Gasteiger partial charge is 0 e. The quantitative estimate of drug-likeness (QED) is 0.253. The van der Waals surface area contributed by atoms with Gasteiger partial charge in [0.1, 0.15) is 0 Å². The Kier molecular flexibility index (Phi) is 318. The molecule has 0 heterocycles. The van der Waals surface area contributed by atoms with E-state index in [4.69, 9.17) is 0 Å². The van der Waals surface area contributed by atoms with Gasteiger partial charge in [-0.3, -0.25) is 0 Å². The van der Waals surface area contributed by atoms with Crippen molar-refractivity contribution in [1.29, 1.82) is 0 Å². The van der Waals surface area contributed by atoms with Crippen LogP contribution >= 0.6 is 95.9 Å². The minimum Gasteiger partial charge on any atom is 0 e. The summed E-state index contributed by atoms with van der Waals surface area (Å²) in [5.41, 5.74) is 0. The van der Waals surface area contributed by atoms with Gasteiger partial charge in [-0.15, -0.1) is 95.9 Å². The summed E-state index contributed by atoms with van der Waals surface area (Å²) >= 11 is 0. The standard InChI is InChI=1S/Cs.4HI.Na.Sc.Th.2H/h;4*1H;;;;;. The summed E-state index contributed by atoms with van der Waals surface area (Å²) in [5.74, 6) is 0. The van der Waals surface area contributed by atoms with Gasteiger partial charge in [-0.1, -0.05) is 0 Å². The second-order valence-electron chi connectivity index (χ2n) is 0. The average molecular weight is 947 g/mol. The molecule has 0 amide bonds. The molecule has 0 aliphatic carbocycles. The summed E-state index contributed by atoms with van der Waals surface area (Å²) in [5, 5.41) is 0. The van der Waals surface area contributed by atoms with Crippen LogP contribution in [0.3, 0.4) is 0 Å². The van der Waals surface area contributed by atoms with Gasteiger partial charge in [-0.2, -0.15) is 0 Å². The van der Waals surface area contributed by atoms with Gasteiger partial charge in [0.25, 0.3) is 0 Å². The van der Waals surface area contributed by atoms with E-state index in [1.165, 1.54) is 0 Å². The first-order valence-corrected chi connectivity index (χ1v) is 0. The van der Waals surface area contributed by atoms with E-state index in [9.17, 15) is 0 Å². The molecule has 0 rings (SSSR count). The Hall–Kier alpha value is 8.17. The van der Waals surface area contributed by atoms with E-state index < -0.39 is 0 Å². The number of hydrogen-bond acceptors (Lipinski definition) is 0. The maximum Gasteiger partial charge on any atom is 0 e. The maximum absolute atomic E-state index is 0. The van der Waals surface area contributed by atoms with Crippen molar-refractivity contribution in [3.63, 3.8) is 0 Å². The molecular formula is H6CsI4NaScTh. The SMILES string of the molecule is I.I.I.I.[CsH].[NaH].[Sc].[Th]. The maximum atomic E-state index is 0. The molecule has 0 bridgehead atoms. The summed E-state index contributed by atoms with van der Waals surface area (Å²) in [6.45, 7) is 0. The van der Waals surface area contributed by atoms with Gasteiger partial charge in [-0.25, -0.2) is 0 Å². The van der Waals surface area contributed by atoms with E-state index in [0.717, 1.165) is 0 Å². The molecule has 0 N–H and O–H groups in total. The zero-order chi connectivity index (χ0) is 0. The summed E-state index contributed by atoms with van der Waals surface area (Å²) in [7, 11) is 0. The van der Waals surface area contributed by atoms with Crippen molar-refractivity contribution >= 4 is 194 Å².